The first-order valence-corrected chi connectivity index (χ1v) is 8.60. The van der Waals surface area contributed by atoms with E-state index in [2.05, 4.69) is 56.2 Å². The third kappa shape index (κ3) is 4.16. The van der Waals surface area contributed by atoms with Crippen LogP contribution in [0.15, 0.2) is 47.5 Å². The predicted molar refractivity (Wildman–Crippen MR) is 103 cm³/mol. The fourth-order valence-corrected chi connectivity index (χ4v) is 2.85. The molecule has 0 unspecified atom stereocenters. The molecule has 0 saturated carbocycles. The first kappa shape index (κ1) is 18.1. The van der Waals surface area contributed by atoms with Crippen molar-refractivity contribution in [3.63, 3.8) is 0 Å². The van der Waals surface area contributed by atoms with Crippen LogP contribution in [-0.2, 0) is 0 Å². The molecule has 0 saturated heterocycles. The molecule has 0 fully saturated rings. The number of hydrogen-bond acceptors (Lipinski definition) is 2. The minimum absolute atomic E-state index is 0.104. The van der Waals surface area contributed by atoms with Crippen molar-refractivity contribution in [1.29, 1.82) is 0 Å². The normalized spacial score (nSPS) is 13.0. The largest absolute Gasteiger partial charge is 0.508 e. The van der Waals surface area contributed by atoms with E-state index in [1.54, 1.807) is 12.4 Å². The lowest BCUT2D eigenvalue weighted by Gasteiger charge is -2.19. The zero-order valence-corrected chi connectivity index (χ0v) is 15.2. The van der Waals surface area contributed by atoms with Gasteiger partial charge in [-0.25, -0.2) is 0 Å². The highest BCUT2D eigenvalue weighted by atomic mass is 16.3. The van der Waals surface area contributed by atoms with Crippen LogP contribution in [-0.4, -0.2) is 11.4 Å². The van der Waals surface area contributed by atoms with Crippen molar-refractivity contribution in [2.45, 2.75) is 52.5 Å². The molecule has 0 aliphatic rings. The molecule has 128 valence electrons. The van der Waals surface area contributed by atoms with Crippen LogP contribution in [0.25, 0.3) is 0 Å². The lowest BCUT2D eigenvalue weighted by Crippen LogP contribution is -2.06. The zero-order valence-electron chi connectivity index (χ0n) is 15.2. The van der Waals surface area contributed by atoms with Gasteiger partial charge >= 0.3 is 0 Å². The first-order valence-electron chi connectivity index (χ1n) is 8.60. The Balaban J connectivity index is 2.23. The molecular formula is C21H28N2O. The highest BCUT2D eigenvalue weighted by Crippen LogP contribution is 2.32. The van der Waals surface area contributed by atoms with E-state index in [-0.39, 0.29) is 11.8 Å². The van der Waals surface area contributed by atoms with Crippen molar-refractivity contribution in [3.05, 3.63) is 59.2 Å². The van der Waals surface area contributed by atoms with Crippen LogP contribution in [0.5, 0.6) is 5.75 Å². The zero-order chi connectivity index (χ0) is 17.7. The molecule has 2 N–H and O–H groups in total. The fourth-order valence-electron chi connectivity index (χ4n) is 2.85. The molecule has 0 spiro atoms. The molecule has 3 nitrogen and oxygen atoms in total. The lowest BCUT2D eigenvalue weighted by atomic mass is 9.93. The van der Waals surface area contributed by atoms with Gasteiger partial charge in [-0.05, 0) is 36.0 Å². The molecule has 2 aromatic carbocycles. The van der Waals surface area contributed by atoms with E-state index in [1.165, 1.54) is 11.1 Å². The van der Waals surface area contributed by atoms with Crippen LogP contribution in [0, 0.1) is 0 Å². The van der Waals surface area contributed by atoms with Gasteiger partial charge in [0.15, 0.2) is 0 Å². The summed E-state index contributed by atoms with van der Waals surface area (Å²) in [5, 5.41) is 13.3. The summed E-state index contributed by atoms with van der Waals surface area (Å²) >= 11 is 0. The Bertz CT molecular complexity index is 678. The maximum Gasteiger partial charge on any atom is 0.120 e. The number of phenols is 1. The van der Waals surface area contributed by atoms with Crippen molar-refractivity contribution < 1.29 is 5.11 Å². The molecular weight excluding hydrogens is 296 g/mol. The Morgan fingerprint density at radius 1 is 0.833 bits per heavy atom. The molecule has 0 bridgehead atoms. The van der Waals surface area contributed by atoms with Crippen molar-refractivity contribution in [1.82, 2.24) is 0 Å². The van der Waals surface area contributed by atoms with Crippen molar-refractivity contribution in [3.8, 4) is 5.75 Å². The number of benzene rings is 2. The lowest BCUT2D eigenvalue weighted by molar-refractivity contribution is 0.464. The van der Waals surface area contributed by atoms with Gasteiger partial charge in [-0.2, -0.15) is 0 Å². The average molecular weight is 324 g/mol. The summed E-state index contributed by atoms with van der Waals surface area (Å²) in [6.07, 6.45) is 1.75. The number of rotatable bonds is 6. The van der Waals surface area contributed by atoms with E-state index in [1.807, 2.05) is 25.1 Å². The quantitative estimate of drug-likeness (QED) is 0.518. The maximum atomic E-state index is 9.94. The highest BCUT2D eigenvalue weighted by Gasteiger charge is 2.13. The van der Waals surface area contributed by atoms with Crippen LogP contribution >= 0.6 is 0 Å². The molecule has 0 radical (unpaired) electrons. The minimum Gasteiger partial charge on any atom is -0.508 e. The summed E-state index contributed by atoms with van der Waals surface area (Å²) < 4.78 is 0. The van der Waals surface area contributed by atoms with Crippen LogP contribution in [0.2, 0.25) is 0 Å². The molecule has 0 amide bonds. The molecule has 0 aliphatic carbocycles. The van der Waals surface area contributed by atoms with Gasteiger partial charge in [-0.1, -0.05) is 64.1 Å². The Morgan fingerprint density at radius 2 is 1.38 bits per heavy atom. The molecule has 24 heavy (non-hydrogen) atoms. The van der Waals surface area contributed by atoms with Crippen molar-refractivity contribution in [2.75, 3.05) is 5.32 Å². The van der Waals surface area contributed by atoms with Crippen LogP contribution in [0.4, 0.5) is 5.69 Å². The Hall–Kier alpha value is -2.29. The number of nitrogens with zero attached hydrogens (tertiary/aromatic N) is 1. The van der Waals surface area contributed by atoms with E-state index in [4.69, 9.17) is 0 Å². The third-order valence-corrected chi connectivity index (χ3v) is 4.27. The van der Waals surface area contributed by atoms with Gasteiger partial charge in [0.25, 0.3) is 0 Å². The minimum atomic E-state index is -0.104. The van der Waals surface area contributed by atoms with Gasteiger partial charge in [-0.3, -0.25) is 4.99 Å². The van der Waals surface area contributed by atoms with Crippen LogP contribution in [0.3, 0.4) is 0 Å². The Labute approximate surface area is 145 Å². The monoisotopic (exact) mass is 324 g/mol. The number of phenolic OH excluding ortho intramolecular Hbond substituents is 1. The topological polar surface area (TPSA) is 44.6 Å². The van der Waals surface area contributed by atoms with Crippen molar-refractivity contribution >= 4 is 12.0 Å². The van der Waals surface area contributed by atoms with Gasteiger partial charge in [-0.15, -0.1) is 0 Å². The summed E-state index contributed by atoms with van der Waals surface area (Å²) in [5.74, 6) is 1.16. The highest BCUT2D eigenvalue weighted by molar-refractivity contribution is 5.80. The first-order chi connectivity index (χ1) is 11.4. The van der Waals surface area contributed by atoms with E-state index < -0.39 is 0 Å². The molecule has 2 rings (SSSR count). The van der Waals surface area contributed by atoms with Gasteiger partial charge in [0, 0.05) is 11.3 Å². The number of anilines is 1. The molecule has 0 aromatic heterocycles. The molecule has 1 atom stereocenters. The second-order valence-corrected chi connectivity index (χ2v) is 6.78. The van der Waals surface area contributed by atoms with Crippen molar-refractivity contribution in [2.24, 2.45) is 4.99 Å². The van der Waals surface area contributed by atoms with E-state index in [0.717, 1.165) is 11.3 Å². The molecule has 0 aliphatic heterocycles. The Kier molecular flexibility index (Phi) is 6.02. The molecule has 0 heterocycles. The number of hydrogen-bond donors (Lipinski definition) is 2. The summed E-state index contributed by atoms with van der Waals surface area (Å²) in [5.41, 5.74) is 4.57. The molecule has 2 aromatic rings. The number of nitrogens with one attached hydrogen (secondary N) is 1. The standard InChI is InChI=1S/C21H28N2O/c1-14(2)17-10-8-11-18(15(3)4)21(17)23-13-22-16(5)19-9-6-7-12-20(19)24/h6-16,24H,1-5H3,(H,22,23)/t16-/m1/s1. The maximum absolute atomic E-state index is 9.94. The predicted octanol–water partition coefficient (Wildman–Crippen LogP) is 5.84. The second-order valence-electron chi connectivity index (χ2n) is 6.78. The second kappa shape index (κ2) is 8.00. The fraction of sp³-hybridized carbons (Fsp3) is 0.381. The summed E-state index contributed by atoms with van der Waals surface area (Å²) in [4.78, 5) is 4.56. The van der Waals surface area contributed by atoms with Gasteiger partial charge in [0.05, 0.1) is 12.4 Å². The summed E-state index contributed by atoms with van der Waals surface area (Å²) in [6, 6.07) is 13.7. The van der Waals surface area contributed by atoms with E-state index in [9.17, 15) is 5.11 Å². The van der Waals surface area contributed by atoms with Gasteiger partial charge in [0.2, 0.25) is 0 Å². The van der Waals surface area contributed by atoms with Crippen LogP contribution < -0.4 is 5.32 Å². The number of aromatic hydroxyl groups is 1. The smallest absolute Gasteiger partial charge is 0.120 e. The Morgan fingerprint density at radius 3 is 1.92 bits per heavy atom. The SMILES string of the molecule is CC(C)c1cccc(C(C)C)c1NC=N[C@H](C)c1ccccc1O. The average Bonchev–Trinajstić information content (AvgIpc) is 2.54. The summed E-state index contributed by atoms with van der Waals surface area (Å²) in [7, 11) is 0. The third-order valence-electron chi connectivity index (χ3n) is 4.27. The summed E-state index contributed by atoms with van der Waals surface area (Å²) in [6.45, 7) is 10.8. The van der Waals surface area contributed by atoms with E-state index >= 15 is 0 Å². The van der Waals surface area contributed by atoms with Gasteiger partial charge in [0.1, 0.15) is 5.75 Å². The van der Waals surface area contributed by atoms with Crippen LogP contribution in [0.1, 0.15) is 69.2 Å². The van der Waals surface area contributed by atoms with E-state index in [0.29, 0.717) is 11.8 Å². The number of para-hydroxylation sites is 2. The van der Waals surface area contributed by atoms with Gasteiger partial charge < -0.3 is 10.4 Å². The number of aliphatic imine (C=N–C) groups is 1. The molecule has 3 heteroatoms.